The molecule has 1 amide bonds. The first-order valence-electron chi connectivity index (χ1n) is 6.54. The summed E-state index contributed by atoms with van der Waals surface area (Å²) in [4.78, 5) is 12.9. The van der Waals surface area contributed by atoms with Crippen LogP contribution in [-0.4, -0.2) is 18.7 Å². The van der Waals surface area contributed by atoms with Gasteiger partial charge in [0.2, 0.25) is 5.91 Å². The fraction of sp³-hybridized carbons (Fsp3) is 0.267. The van der Waals surface area contributed by atoms with Crippen molar-refractivity contribution in [2.75, 3.05) is 11.9 Å². The van der Waals surface area contributed by atoms with Gasteiger partial charge in [0.15, 0.2) is 6.61 Å². The van der Waals surface area contributed by atoms with Gasteiger partial charge in [-0.1, -0.05) is 6.07 Å². The number of thiophene rings is 1. The zero-order valence-corrected chi connectivity index (χ0v) is 12.3. The summed E-state index contributed by atoms with van der Waals surface area (Å²) in [6.07, 6.45) is -3.35. The Balaban J connectivity index is 1.79. The van der Waals surface area contributed by atoms with Crippen LogP contribution in [0.3, 0.4) is 0 Å². The largest absolute Gasteiger partial charge is 0.484 e. The summed E-state index contributed by atoms with van der Waals surface area (Å²) in [5, 5.41) is 4.64. The van der Waals surface area contributed by atoms with E-state index in [-0.39, 0.29) is 11.7 Å². The molecule has 0 aliphatic rings. The van der Waals surface area contributed by atoms with Crippen LogP contribution in [0.15, 0.2) is 41.8 Å². The molecule has 0 saturated heterocycles. The summed E-state index contributed by atoms with van der Waals surface area (Å²) in [6, 6.07) is 9.69. The maximum atomic E-state index is 12.0. The zero-order valence-electron chi connectivity index (χ0n) is 11.5. The van der Waals surface area contributed by atoms with Crippen molar-refractivity contribution >= 4 is 22.9 Å². The highest BCUT2D eigenvalue weighted by Gasteiger charge is 2.28. The van der Waals surface area contributed by atoms with E-state index in [1.54, 1.807) is 11.3 Å². The van der Waals surface area contributed by atoms with Gasteiger partial charge in [-0.05, 0) is 42.1 Å². The highest BCUT2D eigenvalue weighted by Crippen LogP contribution is 2.20. The lowest BCUT2D eigenvalue weighted by Gasteiger charge is -2.10. The van der Waals surface area contributed by atoms with Crippen molar-refractivity contribution in [3.8, 4) is 5.75 Å². The standard InChI is InChI=1S/C15H14F3NO2S/c16-15(17,18)10-21-12-5-3-11(4-6-12)19-14(20)8-7-13-2-1-9-22-13/h1-6,9H,7-8,10H2,(H,19,20). The summed E-state index contributed by atoms with van der Waals surface area (Å²) in [5.74, 6) is -0.0359. The second-order valence-electron chi connectivity index (χ2n) is 4.56. The highest BCUT2D eigenvalue weighted by molar-refractivity contribution is 7.09. The van der Waals surface area contributed by atoms with E-state index >= 15 is 0 Å². The third-order valence-electron chi connectivity index (χ3n) is 2.72. The number of carbonyl (C=O) groups is 1. The number of nitrogens with one attached hydrogen (secondary N) is 1. The number of aryl methyl sites for hydroxylation is 1. The van der Waals surface area contributed by atoms with Gasteiger partial charge in [0.05, 0.1) is 0 Å². The van der Waals surface area contributed by atoms with Gasteiger partial charge in [-0.3, -0.25) is 4.79 Å². The summed E-state index contributed by atoms with van der Waals surface area (Å²) in [5.41, 5.74) is 0.524. The Morgan fingerprint density at radius 1 is 1.18 bits per heavy atom. The lowest BCUT2D eigenvalue weighted by molar-refractivity contribution is -0.153. The fourth-order valence-electron chi connectivity index (χ4n) is 1.71. The molecule has 0 spiro atoms. The van der Waals surface area contributed by atoms with Crippen molar-refractivity contribution in [2.45, 2.75) is 19.0 Å². The van der Waals surface area contributed by atoms with Crippen molar-refractivity contribution in [3.63, 3.8) is 0 Å². The Labute approximate surface area is 129 Å². The van der Waals surface area contributed by atoms with Crippen molar-refractivity contribution in [2.24, 2.45) is 0 Å². The van der Waals surface area contributed by atoms with Gasteiger partial charge in [0.25, 0.3) is 0 Å². The molecular formula is C15H14F3NO2S. The second kappa shape index (κ2) is 7.31. The molecule has 1 heterocycles. The number of hydrogen-bond donors (Lipinski definition) is 1. The molecule has 0 aliphatic heterocycles. The third-order valence-corrected chi connectivity index (χ3v) is 3.66. The van der Waals surface area contributed by atoms with Crippen LogP contribution >= 0.6 is 11.3 Å². The first kappa shape index (κ1) is 16.4. The lowest BCUT2D eigenvalue weighted by atomic mass is 10.2. The Hall–Kier alpha value is -2.02. The number of halogens is 3. The first-order valence-corrected chi connectivity index (χ1v) is 7.42. The molecule has 2 aromatic rings. The van der Waals surface area contributed by atoms with E-state index in [0.29, 0.717) is 18.5 Å². The van der Waals surface area contributed by atoms with E-state index in [1.807, 2.05) is 17.5 Å². The maximum Gasteiger partial charge on any atom is 0.422 e. The molecule has 0 saturated carbocycles. The molecule has 22 heavy (non-hydrogen) atoms. The minimum atomic E-state index is -4.37. The Kier molecular flexibility index (Phi) is 5.43. The molecular weight excluding hydrogens is 315 g/mol. The lowest BCUT2D eigenvalue weighted by Crippen LogP contribution is -2.19. The average Bonchev–Trinajstić information content (AvgIpc) is 2.97. The van der Waals surface area contributed by atoms with Crippen molar-refractivity contribution in [3.05, 3.63) is 46.7 Å². The molecule has 0 aliphatic carbocycles. The number of carbonyl (C=O) groups excluding carboxylic acids is 1. The third kappa shape index (κ3) is 5.77. The van der Waals surface area contributed by atoms with E-state index in [2.05, 4.69) is 10.1 Å². The van der Waals surface area contributed by atoms with E-state index in [0.717, 1.165) is 4.88 Å². The molecule has 3 nitrogen and oxygen atoms in total. The summed E-state index contributed by atoms with van der Waals surface area (Å²) in [6.45, 7) is -1.33. The quantitative estimate of drug-likeness (QED) is 0.860. The van der Waals surface area contributed by atoms with Gasteiger partial charge in [0, 0.05) is 17.0 Å². The van der Waals surface area contributed by atoms with Gasteiger partial charge in [0.1, 0.15) is 5.75 Å². The number of ether oxygens (including phenoxy) is 1. The molecule has 1 N–H and O–H groups in total. The number of alkyl halides is 3. The van der Waals surface area contributed by atoms with Gasteiger partial charge in [-0.15, -0.1) is 11.3 Å². The minimum absolute atomic E-state index is 0.105. The Bertz CT molecular complexity index is 594. The molecule has 0 unspecified atom stereocenters. The molecule has 1 aromatic heterocycles. The predicted molar refractivity (Wildman–Crippen MR) is 79.3 cm³/mol. The smallest absolute Gasteiger partial charge is 0.422 e. The van der Waals surface area contributed by atoms with Crippen LogP contribution in [0.25, 0.3) is 0 Å². The van der Waals surface area contributed by atoms with E-state index in [4.69, 9.17) is 0 Å². The van der Waals surface area contributed by atoms with Gasteiger partial charge >= 0.3 is 6.18 Å². The molecule has 2 rings (SSSR count). The molecule has 118 valence electrons. The fourth-order valence-corrected chi connectivity index (χ4v) is 2.42. The summed E-state index contributed by atoms with van der Waals surface area (Å²) in [7, 11) is 0. The van der Waals surface area contributed by atoms with Crippen molar-refractivity contribution in [1.82, 2.24) is 0 Å². The summed E-state index contributed by atoms with van der Waals surface area (Å²) >= 11 is 1.59. The van der Waals surface area contributed by atoms with E-state index < -0.39 is 12.8 Å². The summed E-state index contributed by atoms with van der Waals surface area (Å²) < 4.78 is 40.6. The monoisotopic (exact) mass is 329 g/mol. The Morgan fingerprint density at radius 2 is 1.91 bits per heavy atom. The first-order chi connectivity index (χ1) is 10.4. The number of anilines is 1. The van der Waals surface area contributed by atoms with Crippen LogP contribution < -0.4 is 10.1 Å². The number of rotatable bonds is 6. The molecule has 0 bridgehead atoms. The molecule has 0 atom stereocenters. The van der Waals surface area contributed by atoms with Gasteiger partial charge < -0.3 is 10.1 Å². The van der Waals surface area contributed by atoms with Crippen LogP contribution in [-0.2, 0) is 11.2 Å². The number of amides is 1. The Morgan fingerprint density at radius 3 is 2.50 bits per heavy atom. The van der Waals surface area contributed by atoms with Gasteiger partial charge in [-0.2, -0.15) is 13.2 Å². The van der Waals surface area contributed by atoms with Crippen molar-refractivity contribution in [1.29, 1.82) is 0 Å². The van der Waals surface area contributed by atoms with Crippen LogP contribution in [0, 0.1) is 0 Å². The predicted octanol–water partition coefficient (Wildman–Crippen LogP) is 4.26. The van der Waals surface area contributed by atoms with Crippen molar-refractivity contribution < 1.29 is 22.7 Å². The van der Waals surface area contributed by atoms with Crippen LogP contribution in [0.4, 0.5) is 18.9 Å². The molecule has 0 radical (unpaired) electrons. The number of benzene rings is 1. The zero-order chi connectivity index (χ0) is 16.0. The number of hydrogen-bond acceptors (Lipinski definition) is 3. The maximum absolute atomic E-state index is 12.0. The molecule has 0 fully saturated rings. The molecule has 1 aromatic carbocycles. The minimum Gasteiger partial charge on any atom is -0.484 e. The SMILES string of the molecule is O=C(CCc1cccs1)Nc1ccc(OCC(F)(F)F)cc1. The van der Waals surface area contributed by atoms with E-state index in [9.17, 15) is 18.0 Å². The van der Waals surface area contributed by atoms with Crippen LogP contribution in [0.1, 0.15) is 11.3 Å². The normalized spacial score (nSPS) is 11.2. The van der Waals surface area contributed by atoms with Crippen LogP contribution in [0.5, 0.6) is 5.75 Å². The average molecular weight is 329 g/mol. The van der Waals surface area contributed by atoms with Gasteiger partial charge in [-0.25, -0.2) is 0 Å². The highest BCUT2D eigenvalue weighted by atomic mass is 32.1. The van der Waals surface area contributed by atoms with Crippen LogP contribution in [0.2, 0.25) is 0 Å². The van der Waals surface area contributed by atoms with E-state index in [1.165, 1.54) is 24.3 Å². The topological polar surface area (TPSA) is 38.3 Å². The molecule has 7 heteroatoms. The second-order valence-corrected chi connectivity index (χ2v) is 5.59.